The van der Waals surface area contributed by atoms with Gasteiger partial charge in [-0.05, 0) is 12.1 Å². The molecule has 2 N–H and O–H groups in total. The van der Waals surface area contributed by atoms with Crippen molar-refractivity contribution in [1.29, 1.82) is 0 Å². The Balaban J connectivity index is 0.00000225. The minimum absolute atomic E-state index is 0. The molecule has 0 unspecified atom stereocenters. The van der Waals surface area contributed by atoms with Crippen molar-refractivity contribution in [3.63, 3.8) is 0 Å². The second-order valence-electron chi connectivity index (χ2n) is 5.40. The van der Waals surface area contributed by atoms with E-state index in [2.05, 4.69) is 32.7 Å². The molecule has 1 aromatic carbocycles. The Hall–Kier alpha value is -2.10. The summed E-state index contributed by atoms with van der Waals surface area (Å²) in [4.78, 5) is 4.23. The molecule has 3 rings (SSSR count). The largest absolute Gasteiger partial charge is 0.459 e. The van der Waals surface area contributed by atoms with Crippen LogP contribution >= 0.6 is 24.0 Å². The summed E-state index contributed by atoms with van der Waals surface area (Å²) in [5, 5.41) is 15.7. The zero-order valence-corrected chi connectivity index (χ0v) is 16.7. The number of hydrogen-bond donors (Lipinski definition) is 2. The van der Waals surface area contributed by atoms with Crippen LogP contribution in [0.4, 0.5) is 0 Å². The number of para-hydroxylation sites is 1. The summed E-state index contributed by atoms with van der Waals surface area (Å²) in [5.41, 5.74) is 0.900. The van der Waals surface area contributed by atoms with E-state index in [0.717, 1.165) is 48.0 Å². The smallest absolute Gasteiger partial charge is 0.191 e. The first-order chi connectivity index (χ1) is 11.8. The van der Waals surface area contributed by atoms with Gasteiger partial charge in [0.25, 0.3) is 0 Å². The lowest BCUT2D eigenvalue weighted by Gasteiger charge is -2.11. The van der Waals surface area contributed by atoms with E-state index in [1.807, 2.05) is 34.9 Å². The van der Waals surface area contributed by atoms with Crippen molar-refractivity contribution in [2.24, 2.45) is 4.99 Å². The lowest BCUT2D eigenvalue weighted by molar-refractivity contribution is 0.537. The maximum absolute atomic E-state index is 5.79. The number of aryl methyl sites for hydroxylation is 1. The Labute approximate surface area is 163 Å². The summed E-state index contributed by atoms with van der Waals surface area (Å²) in [6.45, 7) is 4.19. The second-order valence-corrected chi connectivity index (χ2v) is 5.40. The number of furan rings is 1. The third kappa shape index (κ3) is 4.94. The average Bonchev–Trinajstić information content (AvgIpc) is 3.23. The number of aliphatic imine (C=N–C) groups is 1. The summed E-state index contributed by atoms with van der Waals surface area (Å²) >= 11 is 0. The summed E-state index contributed by atoms with van der Waals surface area (Å²) < 4.78 is 7.83. The highest BCUT2D eigenvalue weighted by molar-refractivity contribution is 14.0. The molecule has 25 heavy (non-hydrogen) atoms. The molecule has 0 amide bonds. The zero-order valence-electron chi connectivity index (χ0n) is 14.4. The Morgan fingerprint density at radius 1 is 1.28 bits per heavy atom. The van der Waals surface area contributed by atoms with Crippen LogP contribution in [0, 0.1) is 0 Å². The normalized spacial score (nSPS) is 11.4. The molecule has 8 heteroatoms. The van der Waals surface area contributed by atoms with Gasteiger partial charge in [-0.15, -0.1) is 34.2 Å². The molecule has 7 nitrogen and oxygen atoms in total. The van der Waals surface area contributed by atoms with E-state index in [-0.39, 0.29) is 24.0 Å². The van der Waals surface area contributed by atoms with Crippen molar-refractivity contribution in [3.8, 4) is 0 Å². The first-order valence-electron chi connectivity index (χ1n) is 8.08. The standard InChI is InChI=1S/C17H22N6O.HI/c1-3-16-22-21-12-23(16)9-8-19-17(18-2)20-11-14-10-13-6-4-5-7-15(13)24-14;/h4-7,10,12H,3,8-9,11H2,1-2H3,(H2,18,19,20);1H. The lowest BCUT2D eigenvalue weighted by atomic mass is 10.2. The molecule has 0 saturated carbocycles. The van der Waals surface area contributed by atoms with E-state index >= 15 is 0 Å². The fourth-order valence-electron chi connectivity index (χ4n) is 2.55. The van der Waals surface area contributed by atoms with Crippen LogP contribution in [0.5, 0.6) is 0 Å². The van der Waals surface area contributed by atoms with Gasteiger partial charge in [0, 0.05) is 31.9 Å². The van der Waals surface area contributed by atoms with E-state index in [1.165, 1.54) is 0 Å². The Bertz CT molecular complexity index is 792. The molecule has 0 bridgehead atoms. The Kier molecular flexibility index (Phi) is 7.23. The van der Waals surface area contributed by atoms with Crippen LogP contribution < -0.4 is 10.6 Å². The minimum Gasteiger partial charge on any atom is -0.459 e. The van der Waals surface area contributed by atoms with Gasteiger partial charge in [-0.2, -0.15) is 0 Å². The molecule has 2 aromatic heterocycles. The molecule has 0 aliphatic carbocycles. The zero-order chi connectivity index (χ0) is 16.8. The lowest BCUT2D eigenvalue weighted by Crippen LogP contribution is -2.38. The maximum atomic E-state index is 5.79. The topological polar surface area (TPSA) is 80.3 Å². The molecule has 0 radical (unpaired) electrons. The molecule has 0 atom stereocenters. The number of guanidine groups is 1. The second kappa shape index (κ2) is 9.40. The summed E-state index contributed by atoms with van der Waals surface area (Å²) in [7, 11) is 1.75. The maximum Gasteiger partial charge on any atom is 0.191 e. The number of benzene rings is 1. The molecule has 0 aliphatic rings. The molecular formula is C17H23IN6O. The third-order valence-electron chi connectivity index (χ3n) is 3.79. The minimum atomic E-state index is 0. The van der Waals surface area contributed by atoms with E-state index < -0.39 is 0 Å². The van der Waals surface area contributed by atoms with Crippen molar-refractivity contribution >= 4 is 40.9 Å². The van der Waals surface area contributed by atoms with Crippen molar-refractivity contribution < 1.29 is 4.42 Å². The highest BCUT2D eigenvalue weighted by Crippen LogP contribution is 2.18. The van der Waals surface area contributed by atoms with Crippen LogP contribution in [0.1, 0.15) is 18.5 Å². The van der Waals surface area contributed by atoms with E-state index in [0.29, 0.717) is 6.54 Å². The van der Waals surface area contributed by atoms with E-state index in [4.69, 9.17) is 4.42 Å². The quantitative estimate of drug-likeness (QED) is 0.340. The van der Waals surface area contributed by atoms with Crippen LogP contribution in [-0.4, -0.2) is 34.3 Å². The first-order valence-corrected chi connectivity index (χ1v) is 8.08. The van der Waals surface area contributed by atoms with Crippen molar-refractivity contribution in [1.82, 2.24) is 25.4 Å². The number of fused-ring (bicyclic) bond motifs is 1. The molecular weight excluding hydrogens is 431 g/mol. The van der Waals surface area contributed by atoms with Gasteiger partial charge in [-0.3, -0.25) is 4.99 Å². The van der Waals surface area contributed by atoms with Gasteiger partial charge < -0.3 is 19.6 Å². The fourth-order valence-corrected chi connectivity index (χ4v) is 2.55. The summed E-state index contributed by atoms with van der Waals surface area (Å²) in [6.07, 6.45) is 2.63. The number of aromatic nitrogens is 3. The summed E-state index contributed by atoms with van der Waals surface area (Å²) in [5.74, 6) is 2.61. The van der Waals surface area contributed by atoms with Gasteiger partial charge in [0.15, 0.2) is 5.96 Å². The number of halogens is 1. The van der Waals surface area contributed by atoms with Crippen LogP contribution in [0.2, 0.25) is 0 Å². The Morgan fingerprint density at radius 3 is 2.88 bits per heavy atom. The van der Waals surface area contributed by atoms with Gasteiger partial charge in [0.1, 0.15) is 23.5 Å². The van der Waals surface area contributed by atoms with Crippen molar-refractivity contribution in [3.05, 3.63) is 48.2 Å². The molecule has 0 spiro atoms. The number of hydrogen-bond acceptors (Lipinski definition) is 4. The molecule has 0 fully saturated rings. The number of nitrogens with one attached hydrogen (secondary N) is 2. The molecule has 0 aliphatic heterocycles. The van der Waals surface area contributed by atoms with Gasteiger partial charge in [-0.25, -0.2) is 0 Å². The van der Waals surface area contributed by atoms with Crippen molar-refractivity contribution in [2.45, 2.75) is 26.4 Å². The third-order valence-corrected chi connectivity index (χ3v) is 3.79. The van der Waals surface area contributed by atoms with Crippen molar-refractivity contribution in [2.75, 3.05) is 13.6 Å². The van der Waals surface area contributed by atoms with Gasteiger partial charge in [0.05, 0.1) is 6.54 Å². The predicted molar refractivity (Wildman–Crippen MR) is 109 cm³/mol. The SMILES string of the molecule is CCc1nncn1CCNC(=NC)NCc1cc2ccccc2o1.I. The van der Waals surface area contributed by atoms with Crippen LogP contribution in [-0.2, 0) is 19.5 Å². The monoisotopic (exact) mass is 454 g/mol. The summed E-state index contributed by atoms with van der Waals surface area (Å²) in [6, 6.07) is 10.0. The number of nitrogens with zero attached hydrogens (tertiary/aromatic N) is 4. The van der Waals surface area contributed by atoms with Gasteiger partial charge in [0.2, 0.25) is 0 Å². The van der Waals surface area contributed by atoms with E-state index in [1.54, 1.807) is 13.4 Å². The fraction of sp³-hybridized carbons (Fsp3) is 0.353. The number of rotatable bonds is 6. The first kappa shape index (κ1) is 19.2. The molecule has 3 aromatic rings. The highest BCUT2D eigenvalue weighted by atomic mass is 127. The molecule has 0 saturated heterocycles. The molecule has 2 heterocycles. The molecule has 134 valence electrons. The van der Waals surface area contributed by atoms with Crippen LogP contribution in [0.15, 0.2) is 46.1 Å². The van der Waals surface area contributed by atoms with Gasteiger partial charge >= 0.3 is 0 Å². The van der Waals surface area contributed by atoms with Crippen LogP contribution in [0.25, 0.3) is 11.0 Å². The van der Waals surface area contributed by atoms with Crippen LogP contribution in [0.3, 0.4) is 0 Å². The highest BCUT2D eigenvalue weighted by Gasteiger charge is 2.05. The van der Waals surface area contributed by atoms with Gasteiger partial charge in [-0.1, -0.05) is 25.1 Å². The van der Waals surface area contributed by atoms with E-state index in [9.17, 15) is 0 Å². The average molecular weight is 454 g/mol. The predicted octanol–water partition coefficient (Wildman–Crippen LogP) is 2.57. The Morgan fingerprint density at radius 2 is 2.12 bits per heavy atom.